The first-order valence-electron chi connectivity index (χ1n) is 6.40. The highest BCUT2D eigenvalue weighted by atomic mass is 32.1. The van der Waals surface area contributed by atoms with E-state index >= 15 is 0 Å². The van der Waals surface area contributed by atoms with Gasteiger partial charge in [0.15, 0.2) is 0 Å². The summed E-state index contributed by atoms with van der Waals surface area (Å²) >= 11 is 1.79. The molecule has 0 aromatic carbocycles. The van der Waals surface area contributed by atoms with Crippen molar-refractivity contribution >= 4 is 11.3 Å². The number of thiazole rings is 1. The van der Waals surface area contributed by atoms with E-state index in [4.69, 9.17) is 0 Å². The molecule has 1 aliphatic rings. The molecule has 0 spiro atoms. The molecule has 0 bridgehead atoms. The summed E-state index contributed by atoms with van der Waals surface area (Å²) in [6.07, 6.45) is 8.29. The smallest absolute Gasteiger partial charge is 0.0930 e. The molecule has 1 saturated carbocycles. The van der Waals surface area contributed by atoms with Crippen molar-refractivity contribution in [3.63, 3.8) is 0 Å². The van der Waals surface area contributed by atoms with Gasteiger partial charge in [0, 0.05) is 30.6 Å². The van der Waals surface area contributed by atoms with Gasteiger partial charge in [-0.15, -0.1) is 11.3 Å². The average molecular weight is 238 g/mol. The van der Waals surface area contributed by atoms with Crippen LogP contribution >= 0.6 is 11.3 Å². The van der Waals surface area contributed by atoms with Crippen molar-refractivity contribution in [2.45, 2.75) is 52.0 Å². The summed E-state index contributed by atoms with van der Waals surface area (Å²) in [6.45, 7) is 5.78. The van der Waals surface area contributed by atoms with Gasteiger partial charge in [-0.1, -0.05) is 13.8 Å². The van der Waals surface area contributed by atoms with E-state index in [1.54, 1.807) is 11.3 Å². The van der Waals surface area contributed by atoms with Crippen molar-refractivity contribution in [3.05, 3.63) is 16.6 Å². The third-order valence-electron chi connectivity index (χ3n) is 3.85. The van der Waals surface area contributed by atoms with Gasteiger partial charge in [0.2, 0.25) is 0 Å². The minimum atomic E-state index is 0.417. The van der Waals surface area contributed by atoms with E-state index in [0.717, 1.165) is 19.0 Å². The first-order chi connectivity index (χ1) is 7.78. The predicted octanol–water partition coefficient (Wildman–Crippen LogP) is 3.24. The third kappa shape index (κ3) is 3.05. The van der Waals surface area contributed by atoms with E-state index in [2.05, 4.69) is 29.5 Å². The van der Waals surface area contributed by atoms with Gasteiger partial charge in [-0.3, -0.25) is 0 Å². The standard InChI is InChI=1S/C13H22N2S/c1-3-13(4-2,10-15-11-5-6-11)9-12-14-7-8-16-12/h7-8,11,15H,3-6,9-10H2,1-2H3. The van der Waals surface area contributed by atoms with E-state index in [9.17, 15) is 0 Å². The fraction of sp³-hybridized carbons (Fsp3) is 0.769. The Hall–Kier alpha value is -0.410. The maximum Gasteiger partial charge on any atom is 0.0930 e. The fourth-order valence-corrected chi connectivity index (χ4v) is 2.91. The van der Waals surface area contributed by atoms with Crippen molar-refractivity contribution in [3.8, 4) is 0 Å². The van der Waals surface area contributed by atoms with Crippen LogP contribution in [0, 0.1) is 5.41 Å². The molecule has 1 N–H and O–H groups in total. The van der Waals surface area contributed by atoms with Crippen LogP contribution in [-0.2, 0) is 6.42 Å². The molecular formula is C13H22N2S. The summed E-state index contributed by atoms with van der Waals surface area (Å²) in [4.78, 5) is 4.43. The highest BCUT2D eigenvalue weighted by molar-refractivity contribution is 7.09. The molecule has 1 aromatic heterocycles. The molecule has 2 rings (SSSR count). The molecule has 3 heteroatoms. The second-order valence-corrected chi connectivity index (χ2v) is 5.94. The van der Waals surface area contributed by atoms with Gasteiger partial charge in [-0.2, -0.15) is 0 Å². The molecule has 16 heavy (non-hydrogen) atoms. The quantitative estimate of drug-likeness (QED) is 0.789. The second kappa shape index (κ2) is 5.28. The maximum absolute atomic E-state index is 4.43. The molecule has 0 saturated heterocycles. The maximum atomic E-state index is 4.43. The molecule has 0 unspecified atom stereocenters. The number of hydrogen-bond donors (Lipinski definition) is 1. The highest BCUT2D eigenvalue weighted by Crippen LogP contribution is 2.32. The zero-order valence-corrected chi connectivity index (χ0v) is 11.1. The van der Waals surface area contributed by atoms with Crippen molar-refractivity contribution in [1.82, 2.24) is 10.3 Å². The molecule has 1 fully saturated rings. The van der Waals surface area contributed by atoms with E-state index in [-0.39, 0.29) is 0 Å². The summed E-state index contributed by atoms with van der Waals surface area (Å²) in [7, 11) is 0. The van der Waals surface area contributed by atoms with Gasteiger partial charge >= 0.3 is 0 Å². The lowest BCUT2D eigenvalue weighted by atomic mass is 9.79. The topological polar surface area (TPSA) is 24.9 Å². The highest BCUT2D eigenvalue weighted by Gasteiger charge is 2.30. The van der Waals surface area contributed by atoms with Crippen LogP contribution in [0.5, 0.6) is 0 Å². The molecule has 90 valence electrons. The van der Waals surface area contributed by atoms with Crippen LogP contribution < -0.4 is 5.32 Å². The summed E-state index contributed by atoms with van der Waals surface area (Å²) in [5.41, 5.74) is 0.417. The number of rotatable bonds is 7. The van der Waals surface area contributed by atoms with Crippen LogP contribution in [-0.4, -0.2) is 17.6 Å². The van der Waals surface area contributed by atoms with E-state index in [1.807, 2.05) is 6.20 Å². The van der Waals surface area contributed by atoms with Crippen molar-refractivity contribution in [2.24, 2.45) is 5.41 Å². The Morgan fingerprint density at radius 1 is 1.44 bits per heavy atom. The zero-order valence-electron chi connectivity index (χ0n) is 10.3. The Labute approximate surface area is 102 Å². The van der Waals surface area contributed by atoms with Gasteiger partial charge in [0.25, 0.3) is 0 Å². The van der Waals surface area contributed by atoms with Crippen LogP contribution in [0.2, 0.25) is 0 Å². The van der Waals surface area contributed by atoms with Gasteiger partial charge in [0.1, 0.15) is 0 Å². The summed E-state index contributed by atoms with van der Waals surface area (Å²) < 4.78 is 0. The molecule has 1 heterocycles. The minimum Gasteiger partial charge on any atom is -0.313 e. The first kappa shape index (κ1) is 12.1. The largest absolute Gasteiger partial charge is 0.313 e. The minimum absolute atomic E-state index is 0.417. The van der Waals surface area contributed by atoms with Crippen molar-refractivity contribution in [1.29, 1.82) is 0 Å². The molecule has 2 nitrogen and oxygen atoms in total. The van der Waals surface area contributed by atoms with Crippen molar-refractivity contribution < 1.29 is 0 Å². The predicted molar refractivity (Wildman–Crippen MR) is 69.9 cm³/mol. The summed E-state index contributed by atoms with van der Waals surface area (Å²) in [6, 6.07) is 0.814. The molecular weight excluding hydrogens is 216 g/mol. The van der Waals surface area contributed by atoms with Gasteiger partial charge < -0.3 is 5.32 Å². The fourth-order valence-electron chi connectivity index (χ4n) is 2.12. The lowest BCUT2D eigenvalue weighted by Gasteiger charge is -2.31. The third-order valence-corrected chi connectivity index (χ3v) is 4.63. The van der Waals surface area contributed by atoms with Crippen LogP contribution in [0.15, 0.2) is 11.6 Å². The summed E-state index contributed by atoms with van der Waals surface area (Å²) in [5, 5.41) is 7.06. The lowest BCUT2D eigenvalue weighted by Crippen LogP contribution is -2.36. The zero-order chi connectivity index (χ0) is 11.4. The van der Waals surface area contributed by atoms with Crippen LogP contribution in [0.4, 0.5) is 0 Å². The number of hydrogen-bond acceptors (Lipinski definition) is 3. The Kier molecular flexibility index (Phi) is 3.98. The van der Waals surface area contributed by atoms with Gasteiger partial charge in [0.05, 0.1) is 5.01 Å². The Bertz CT molecular complexity index is 300. The van der Waals surface area contributed by atoms with E-state index in [0.29, 0.717) is 5.41 Å². The SMILES string of the molecule is CCC(CC)(CNC1CC1)Cc1nccs1. The Morgan fingerprint density at radius 2 is 2.19 bits per heavy atom. The van der Waals surface area contributed by atoms with Crippen LogP contribution in [0.1, 0.15) is 44.5 Å². The number of aromatic nitrogens is 1. The number of nitrogens with one attached hydrogen (secondary N) is 1. The van der Waals surface area contributed by atoms with E-state index in [1.165, 1.54) is 30.7 Å². The van der Waals surface area contributed by atoms with Gasteiger partial charge in [-0.05, 0) is 31.1 Å². The molecule has 1 aliphatic carbocycles. The normalized spacial score (nSPS) is 16.6. The lowest BCUT2D eigenvalue weighted by molar-refractivity contribution is 0.245. The van der Waals surface area contributed by atoms with Gasteiger partial charge in [-0.25, -0.2) is 4.98 Å². The van der Waals surface area contributed by atoms with Crippen molar-refractivity contribution in [2.75, 3.05) is 6.54 Å². The van der Waals surface area contributed by atoms with Crippen LogP contribution in [0.3, 0.4) is 0 Å². The molecule has 1 aromatic rings. The molecule has 0 atom stereocenters. The van der Waals surface area contributed by atoms with E-state index < -0.39 is 0 Å². The Morgan fingerprint density at radius 3 is 2.69 bits per heavy atom. The molecule has 0 aliphatic heterocycles. The average Bonchev–Trinajstić information content (AvgIpc) is 3.02. The molecule has 0 radical (unpaired) electrons. The monoisotopic (exact) mass is 238 g/mol. The van der Waals surface area contributed by atoms with Crippen LogP contribution in [0.25, 0.3) is 0 Å². The second-order valence-electron chi connectivity index (χ2n) is 4.96. The number of nitrogens with zero attached hydrogens (tertiary/aromatic N) is 1. The first-order valence-corrected chi connectivity index (χ1v) is 7.28. The Balaban J connectivity index is 1.95. The molecule has 0 amide bonds. The summed E-state index contributed by atoms with van der Waals surface area (Å²) in [5.74, 6) is 0.